The van der Waals surface area contributed by atoms with Gasteiger partial charge in [-0.1, -0.05) is 37.1 Å². The van der Waals surface area contributed by atoms with Gasteiger partial charge in [0.2, 0.25) is 0 Å². The minimum absolute atomic E-state index is 0.612. The number of pyridine rings is 1. The molecule has 1 aliphatic rings. The molecule has 1 saturated carbocycles. The fourth-order valence-corrected chi connectivity index (χ4v) is 3.21. The van der Waals surface area contributed by atoms with Gasteiger partial charge in [0, 0.05) is 30.4 Å². The highest BCUT2D eigenvalue weighted by molar-refractivity contribution is 5.84. The van der Waals surface area contributed by atoms with Crippen molar-refractivity contribution in [3.63, 3.8) is 0 Å². The minimum Gasteiger partial charge on any atom is -0.310 e. The Bertz CT molecular complexity index is 538. The molecule has 0 radical (unpaired) electrons. The summed E-state index contributed by atoms with van der Waals surface area (Å²) >= 11 is 0. The lowest BCUT2D eigenvalue weighted by Crippen LogP contribution is -2.31. The lowest BCUT2D eigenvalue weighted by Gasteiger charge is -2.20. The molecule has 1 N–H and O–H groups in total. The highest BCUT2D eigenvalue weighted by Crippen LogP contribution is 2.27. The van der Waals surface area contributed by atoms with Gasteiger partial charge in [-0.2, -0.15) is 0 Å². The van der Waals surface area contributed by atoms with Gasteiger partial charge in [-0.25, -0.2) is 0 Å². The van der Waals surface area contributed by atoms with Gasteiger partial charge >= 0.3 is 0 Å². The minimum atomic E-state index is 0.612. The van der Waals surface area contributed by atoms with E-state index in [-0.39, 0.29) is 0 Å². The number of aromatic nitrogens is 1. The van der Waals surface area contributed by atoms with Crippen molar-refractivity contribution in [3.05, 3.63) is 42.2 Å². The number of benzene rings is 1. The molecule has 1 aromatic heterocycles. The van der Waals surface area contributed by atoms with Crippen molar-refractivity contribution in [2.75, 3.05) is 0 Å². The standard InChI is InChI=1S/C17H22N2/c1-13(14-6-2-3-7-14)19-12-16-11-18-10-15-8-4-5-9-17(15)16/h4-5,8-11,13-14,19H,2-3,6-7,12H2,1H3/t13-/m1/s1. The van der Waals surface area contributed by atoms with Gasteiger partial charge in [0.25, 0.3) is 0 Å². The highest BCUT2D eigenvalue weighted by atomic mass is 14.9. The van der Waals surface area contributed by atoms with Gasteiger partial charge in [-0.15, -0.1) is 0 Å². The number of hydrogen-bond donors (Lipinski definition) is 1. The van der Waals surface area contributed by atoms with E-state index < -0.39 is 0 Å². The van der Waals surface area contributed by atoms with Crippen molar-refractivity contribution in [3.8, 4) is 0 Å². The molecule has 1 atom stereocenters. The Morgan fingerprint density at radius 3 is 2.84 bits per heavy atom. The third kappa shape index (κ3) is 2.79. The summed E-state index contributed by atoms with van der Waals surface area (Å²) in [4.78, 5) is 4.35. The van der Waals surface area contributed by atoms with Crippen LogP contribution in [-0.2, 0) is 6.54 Å². The maximum Gasteiger partial charge on any atom is 0.0346 e. The number of fused-ring (bicyclic) bond motifs is 1. The first-order chi connectivity index (χ1) is 9.34. The molecule has 1 aliphatic carbocycles. The fraction of sp³-hybridized carbons (Fsp3) is 0.471. The predicted octanol–water partition coefficient (Wildman–Crippen LogP) is 3.90. The third-order valence-electron chi connectivity index (χ3n) is 4.47. The molecule has 3 rings (SSSR count). The maximum atomic E-state index is 4.35. The Hall–Kier alpha value is -1.41. The average Bonchev–Trinajstić information content (AvgIpc) is 2.99. The second-order valence-electron chi connectivity index (χ2n) is 5.73. The molecule has 1 heterocycles. The van der Waals surface area contributed by atoms with Crippen LogP contribution in [0.15, 0.2) is 36.7 Å². The lowest BCUT2D eigenvalue weighted by atomic mass is 9.99. The Labute approximate surface area is 115 Å². The number of rotatable bonds is 4. The molecule has 19 heavy (non-hydrogen) atoms. The zero-order valence-corrected chi connectivity index (χ0v) is 11.6. The first-order valence-electron chi connectivity index (χ1n) is 7.39. The fourth-order valence-electron chi connectivity index (χ4n) is 3.21. The summed E-state index contributed by atoms with van der Waals surface area (Å²) in [5, 5.41) is 6.25. The van der Waals surface area contributed by atoms with E-state index in [2.05, 4.69) is 41.5 Å². The smallest absolute Gasteiger partial charge is 0.0346 e. The molecule has 0 saturated heterocycles. The zero-order chi connectivity index (χ0) is 13.1. The summed E-state index contributed by atoms with van der Waals surface area (Å²) in [5.74, 6) is 0.864. The number of nitrogens with zero attached hydrogens (tertiary/aromatic N) is 1. The summed E-state index contributed by atoms with van der Waals surface area (Å²) in [7, 11) is 0. The monoisotopic (exact) mass is 254 g/mol. The second kappa shape index (κ2) is 5.70. The van der Waals surface area contributed by atoms with Crippen LogP contribution in [0, 0.1) is 5.92 Å². The van der Waals surface area contributed by atoms with Crippen LogP contribution in [0.2, 0.25) is 0 Å². The first-order valence-corrected chi connectivity index (χ1v) is 7.39. The van der Waals surface area contributed by atoms with Crippen LogP contribution in [0.1, 0.15) is 38.2 Å². The molecular formula is C17H22N2. The molecule has 2 heteroatoms. The summed E-state index contributed by atoms with van der Waals surface area (Å²) in [6.07, 6.45) is 9.54. The number of hydrogen-bond acceptors (Lipinski definition) is 2. The molecular weight excluding hydrogens is 232 g/mol. The average molecular weight is 254 g/mol. The quantitative estimate of drug-likeness (QED) is 0.895. The first kappa shape index (κ1) is 12.6. The van der Waals surface area contributed by atoms with Gasteiger partial charge in [0.05, 0.1) is 0 Å². The topological polar surface area (TPSA) is 24.9 Å². The third-order valence-corrected chi connectivity index (χ3v) is 4.47. The molecule has 2 aromatic rings. The molecule has 0 amide bonds. The summed E-state index contributed by atoms with van der Waals surface area (Å²) in [6.45, 7) is 3.25. The van der Waals surface area contributed by atoms with Gasteiger partial charge < -0.3 is 5.32 Å². The summed E-state index contributed by atoms with van der Waals surface area (Å²) in [5.41, 5.74) is 1.31. The van der Waals surface area contributed by atoms with E-state index >= 15 is 0 Å². The molecule has 1 fully saturated rings. The van der Waals surface area contributed by atoms with Crippen LogP contribution in [0.25, 0.3) is 10.8 Å². The Morgan fingerprint density at radius 1 is 1.21 bits per heavy atom. The largest absolute Gasteiger partial charge is 0.310 e. The van der Waals surface area contributed by atoms with E-state index in [9.17, 15) is 0 Å². The van der Waals surface area contributed by atoms with Crippen molar-refractivity contribution in [1.82, 2.24) is 10.3 Å². The van der Waals surface area contributed by atoms with E-state index in [1.807, 2.05) is 12.4 Å². The van der Waals surface area contributed by atoms with E-state index in [0.29, 0.717) is 6.04 Å². The maximum absolute atomic E-state index is 4.35. The van der Waals surface area contributed by atoms with Gasteiger partial charge in [-0.3, -0.25) is 4.98 Å². The van der Waals surface area contributed by atoms with Crippen molar-refractivity contribution >= 4 is 10.8 Å². The molecule has 1 aromatic carbocycles. The van der Waals surface area contributed by atoms with E-state index in [4.69, 9.17) is 0 Å². The Balaban J connectivity index is 1.71. The van der Waals surface area contributed by atoms with Crippen LogP contribution >= 0.6 is 0 Å². The van der Waals surface area contributed by atoms with E-state index in [0.717, 1.165) is 12.5 Å². The second-order valence-corrected chi connectivity index (χ2v) is 5.73. The summed E-state index contributed by atoms with van der Waals surface area (Å²) < 4.78 is 0. The molecule has 100 valence electrons. The van der Waals surface area contributed by atoms with Gasteiger partial charge in [0.15, 0.2) is 0 Å². The summed E-state index contributed by atoms with van der Waals surface area (Å²) in [6, 6.07) is 9.11. The lowest BCUT2D eigenvalue weighted by molar-refractivity contribution is 0.381. The Kier molecular flexibility index (Phi) is 3.79. The molecule has 0 spiro atoms. The van der Waals surface area contributed by atoms with Crippen molar-refractivity contribution in [2.45, 2.75) is 45.2 Å². The van der Waals surface area contributed by atoms with Crippen LogP contribution in [-0.4, -0.2) is 11.0 Å². The van der Waals surface area contributed by atoms with Gasteiger partial charge in [0.1, 0.15) is 0 Å². The molecule has 0 unspecified atom stereocenters. The van der Waals surface area contributed by atoms with E-state index in [1.165, 1.54) is 42.0 Å². The zero-order valence-electron chi connectivity index (χ0n) is 11.6. The van der Waals surface area contributed by atoms with E-state index in [1.54, 1.807) is 0 Å². The SMILES string of the molecule is C[C@@H](NCc1cncc2ccccc12)C1CCCC1. The van der Waals surface area contributed by atoms with Crippen molar-refractivity contribution in [1.29, 1.82) is 0 Å². The van der Waals surface area contributed by atoms with Crippen LogP contribution < -0.4 is 5.32 Å². The van der Waals surface area contributed by atoms with Crippen LogP contribution in [0.3, 0.4) is 0 Å². The van der Waals surface area contributed by atoms with Crippen LogP contribution in [0.4, 0.5) is 0 Å². The predicted molar refractivity (Wildman–Crippen MR) is 80.0 cm³/mol. The molecule has 0 bridgehead atoms. The Morgan fingerprint density at radius 2 is 2.00 bits per heavy atom. The van der Waals surface area contributed by atoms with Crippen molar-refractivity contribution < 1.29 is 0 Å². The molecule has 2 nitrogen and oxygen atoms in total. The highest BCUT2D eigenvalue weighted by Gasteiger charge is 2.20. The normalized spacial score (nSPS) is 17.9. The van der Waals surface area contributed by atoms with Crippen molar-refractivity contribution in [2.24, 2.45) is 5.92 Å². The number of nitrogens with one attached hydrogen (secondary N) is 1. The van der Waals surface area contributed by atoms with Gasteiger partial charge in [-0.05, 0) is 36.6 Å². The molecule has 0 aliphatic heterocycles. The van der Waals surface area contributed by atoms with Crippen LogP contribution in [0.5, 0.6) is 0 Å².